The summed E-state index contributed by atoms with van der Waals surface area (Å²) < 4.78 is 36.9. The Balaban J connectivity index is 2.37. The molecule has 0 radical (unpaired) electrons. The zero-order chi connectivity index (χ0) is 15.8. The van der Waals surface area contributed by atoms with E-state index in [1.54, 1.807) is 0 Å². The molecule has 1 aromatic rings. The van der Waals surface area contributed by atoms with Crippen molar-refractivity contribution < 1.29 is 17.6 Å². The van der Waals surface area contributed by atoms with Crippen molar-refractivity contribution in [3.63, 3.8) is 0 Å². The quantitative estimate of drug-likeness (QED) is 0.861. The third kappa shape index (κ3) is 3.21. The molecule has 2 rings (SSSR count). The van der Waals surface area contributed by atoms with Gasteiger partial charge in [-0.3, -0.25) is 4.79 Å². The van der Waals surface area contributed by atoms with Crippen molar-refractivity contribution in [3.05, 3.63) is 29.1 Å². The van der Waals surface area contributed by atoms with E-state index in [0.717, 1.165) is 37.8 Å². The zero-order valence-corrected chi connectivity index (χ0v) is 13.4. The molecule has 0 saturated heterocycles. The highest BCUT2D eigenvalue weighted by atomic mass is 35.7. The van der Waals surface area contributed by atoms with E-state index in [-0.39, 0.29) is 21.6 Å². The molecule has 0 unspecified atom stereocenters. The molecule has 21 heavy (non-hydrogen) atoms. The number of aryl methyl sites for hydroxylation is 1. The maximum Gasteiger partial charge on any atom is 0.261 e. The van der Waals surface area contributed by atoms with Crippen molar-refractivity contribution in [2.75, 3.05) is 0 Å². The summed E-state index contributed by atoms with van der Waals surface area (Å²) in [5.74, 6) is -1.35. The van der Waals surface area contributed by atoms with Crippen molar-refractivity contribution in [2.24, 2.45) is 0 Å². The second-order valence-corrected chi connectivity index (χ2v) is 8.01. The van der Waals surface area contributed by atoms with Gasteiger partial charge in [0.05, 0.1) is 10.5 Å². The number of benzene rings is 1. The Morgan fingerprint density at radius 2 is 2.05 bits per heavy atom. The van der Waals surface area contributed by atoms with Crippen LogP contribution < -0.4 is 5.32 Å². The van der Waals surface area contributed by atoms with E-state index in [0.29, 0.717) is 0 Å². The smallest absolute Gasteiger partial charge is 0.261 e. The highest BCUT2D eigenvalue weighted by Gasteiger charge is 2.37. The Morgan fingerprint density at radius 3 is 2.48 bits per heavy atom. The Morgan fingerprint density at radius 1 is 1.43 bits per heavy atom. The van der Waals surface area contributed by atoms with Gasteiger partial charge in [-0.05, 0) is 50.3 Å². The van der Waals surface area contributed by atoms with Crippen LogP contribution in [0.4, 0.5) is 4.39 Å². The van der Waals surface area contributed by atoms with E-state index in [9.17, 15) is 17.6 Å². The third-order valence-electron chi connectivity index (χ3n) is 4.14. The molecule has 0 aromatic heterocycles. The average molecular weight is 334 g/mol. The molecule has 116 valence electrons. The summed E-state index contributed by atoms with van der Waals surface area (Å²) in [6, 6.07) is 2.02. The fourth-order valence-corrected chi connectivity index (χ4v) is 3.77. The van der Waals surface area contributed by atoms with Crippen molar-refractivity contribution in [1.29, 1.82) is 0 Å². The number of nitrogens with one attached hydrogen (secondary N) is 1. The lowest BCUT2D eigenvalue weighted by Crippen LogP contribution is -2.53. The summed E-state index contributed by atoms with van der Waals surface area (Å²) in [6.07, 6.45) is 3.48. The van der Waals surface area contributed by atoms with Crippen LogP contribution in [0, 0.1) is 12.7 Å². The molecule has 1 aliphatic rings. The third-order valence-corrected chi connectivity index (χ3v) is 5.60. The number of amides is 1. The number of carbonyl (C=O) groups is 1. The first-order chi connectivity index (χ1) is 9.68. The summed E-state index contributed by atoms with van der Waals surface area (Å²) in [5, 5.41) is 2.82. The van der Waals surface area contributed by atoms with Gasteiger partial charge in [-0.1, -0.05) is 6.92 Å². The van der Waals surface area contributed by atoms with E-state index in [1.807, 2.05) is 6.92 Å². The number of carbonyl (C=O) groups excluding carboxylic acids is 1. The van der Waals surface area contributed by atoms with Crippen LogP contribution >= 0.6 is 10.7 Å². The van der Waals surface area contributed by atoms with Gasteiger partial charge < -0.3 is 5.32 Å². The summed E-state index contributed by atoms with van der Waals surface area (Å²) in [5.41, 5.74) is -0.415. The summed E-state index contributed by atoms with van der Waals surface area (Å²) in [4.78, 5) is 12.0. The van der Waals surface area contributed by atoms with Crippen LogP contribution in [-0.4, -0.2) is 19.9 Å². The highest BCUT2D eigenvalue weighted by Crippen LogP contribution is 2.35. The first-order valence-corrected chi connectivity index (χ1v) is 9.07. The van der Waals surface area contributed by atoms with E-state index in [1.165, 1.54) is 6.92 Å². The minimum absolute atomic E-state index is 0.174. The predicted molar refractivity (Wildman–Crippen MR) is 78.5 cm³/mol. The largest absolute Gasteiger partial charge is 0.347 e. The van der Waals surface area contributed by atoms with Crippen LogP contribution in [0.3, 0.4) is 0 Å². The van der Waals surface area contributed by atoms with Crippen LogP contribution in [0.1, 0.15) is 48.5 Å². The van der Waals surface area contributed by atoms with Gasteiger partial charge in [-0.15, -0.1) is 0 Å². The SMILES string of the molecule is CCC1(NC(=O)c2cc(S(=O)(=O)Cl)c(C)cc2F)CCC1. The lowest BCUT2D eigenvalue weighted by atomic mass is 9.74. The molecule has 0 heterocycles. The van der Waals surface area contributed by atoms with Crippen molar-refractivity contribution in [2.45, 2.75) is 50.0 Å². The molecule has 7 heteroatoms. The highest BCUT2D eigenvalue weighted by molar-refractivity contribution is 8.13. The number of hydrogen-bond donors (Lipinski definition) is 1. The standard InChI is InChI=1S/C14H17ClFNO3S/c1-3-14(5-4-6-14)17-13(18)10-8-12(21(15,19)20)9(2)7-11(10)16/h7-8H,3-6H2,1-2H3,(H,17,18). The molecule has 1 saturated carbocycles. The Labute approximate surface area is 128 Å². The number of halogens is 2. The topological polar surface area (TPSA) is 63.2 Å². The molecule has 4 nitrogen and oxygen atoms in total. The minimum atomic E-state index is -4.02. The summed E-state index contributed by atoms with van der Waals surface area (Å²) >= 11 is 0. The number of rotatable bonds is 4. The molecule has 1 aromatic carbocycles. The normalized spacial score (nSPS) is 17.1. The zero-order valence-electron chi connectivity index (χ0n) is 11.9. The molecule has 1 fully saturated rings. The molecule has 0 spiro atoms. The molecule has 0 aliphatic heterocycles. The summed E-state index contributed by atoms with van der Waals surface area (Å²) in [6.45, 7) is 3.39. The lowest BCUT2D eigenvalue weighted by Gasteiger charge is -2.42. The molecular weight excluding hydrogens is 317 g/mol. The summed E-state index contributed by atoms with van der Waals surface area (Å²) in [7, 11) is 1.29. The second-order valence-electron chi connectivity index (χ2n) is 5.48. The van der Waals surface area contributed by atoms with Crippen LogP contribution in [0.5, 0.6) is 0 Å². The van der Waals surface area contributed by atoms with Gasteiger partial charge in [0, 0.05) is 16.2 Å². The Bertz CT molecular complexity index is 678. The van der Waals surface area contributed by atoms with Gasteiger partial charge in [0.25, 0.3) is 15.0 Å². The van der Waals surface area contributed by atoms with Gasteiger partial charge in [-0.2, -0.15) is 0 Å². The molecule has 1 N–H and O–H groups in total. The molecular formula is C14H17ClFNO3S. The lowest BCUT2D eigenvalue weighted by molar-refractivity contribution is 0.0816. The number of hydrogen-bond acceptors (Lipinski definition) is 3. The molecule has 1 aliphatic carbocycles. The molecule has 0 atom stereocenters. The van der Waals surface area contributed by atoms with Gasteiger partial charge in [0.15, 0.2) is 0 Å². The van der Waals surface area contributed by atoms with E-state index >= 15 is 0 Å². The average Bonchev–Trinajstić information content (AvgIpc) is 2.31. The van der Waals surface area contributed by atoms with E-state index < -0.39 is 20.8 Å². The molecule has 0 bridgehead atoms. The fraction of sp³-hybridized carbons (Fsp3) is 0.500. The van der Waals surface area contributed by atoms with E-state index in [2.05, 4.69) is 5.32 Å². The predicted octanol–water partition coefficient (Wildman–Crippen LogP) is 3.12. The maximum atomic E-state index is 14.0. The van der Waals surface area contributed by atoms with Crippen LogP contribution in [0.2, 0.25) is 0 Å². The van der Waals surface area contributed by atoms with Crippen LogP contribution in [-0.2, 0) is 9.05 Å². The van der Waals surface area contributed by atoms with Gasteiger partial charge in [0.1, 0.15) is 5.82 Å². The Kier molecular flexibility index (Phi) is 4.31. The first-order valence-electron chi connectivity index (χ1n) is 6.76. The Hall–Kier alpha value is -1.14. The minimum Gasteiger partial charge on any atom is -0.347 e. The van der Waals surface area contributed by atoms with Gasteiger partial charge >= 0.3 is 0 Å². The maximum absolute atomic E-state index is 14.0. The molecule has 1 amide bonds. The second kappa shape index (κ2) is 5.57. The van der Waals surface area contributed by atoms with Crippen LogP contribution in [0.15, 0.2) is 17.0 Å². The van der Waals surface area contributed by atoms with Gasteiger partial charge in [0.2, 0.25) is 0 Å². The monoisotopic (exact) mass is 333 g/mol. The van der Waals surface area contributed by atoms with Gasteiger partial charge in [-0.25, -0.2) is 12.8 Å². The van der Waals surface area contributed by atoms with Crippen molar-refractivity contribution in [1.82, 2.24) is 5.32 Å². The van der Waals surface area contributed by atoms with Crippen LogP contribution in [0.25, 0.3) is 0 Å². The first kappa shape index (κ1) is 16.2. The van der Waals surface area contributed by atoms with Crippen molar-refractivity contribution in [3.8, 4) is 0 Å². The van der Waals surface area contributed by atoms with E-state index in [4.69, 9.17) is 10.7 Å². The van der Waals surface area contributed by atoms with Crippen molar-refractivity contribution >= 4 is 25.6 Å². The fourth-order valence-electron chi connectivity index (χ4n) is 2.57.